The van der Waals surface area contributed by atoms with E-state index in [2.05, 4.69) is 40.4 Å². The zero-order valence-electron chi connectivity index (χ0n) is 8.90. The highest BCUT2D eigenvalue weighted by Gasteiger charge is 2.11. The minimum absolute atomic E-state index is 0.922. The number of rotatable bonds is 3. The quantitative estimate of drug-likeness (QED) is 0.730. The second kappa shape index (κ2) is 4.13. The molecule has 0 saturated heterocycles. The first kappa shape index (κ1) is 9.71. The maximum absolute atomic E-state index is 3.77. The van der Waals surface area contributed by atoms with Gasteiger partial charge in [-0.25, -0.2) is 9.55 Å². The van der Waals surface area contributed by atoms with E-state index in [-0.39, 0.29) is 0 Å². The molecule has 0 spiro atoms. The molecule has 0 aliphatic rings. The van der Waals surface area contributed by atoms with E-state index in [1.165, 1.54) is 11.4 Å². The Morgan fingerprint density at radius 2 is 2.07 bits per heavy atom. The molecule has 0 radical (unpaired) electrons. The Balaban J connectivity index is 2.25. The fourth-order valence-corrected chi connectivity index (χ4v) is 1.66. The molecule has 2 heteroatoms. The Kier molecular flexibility index (Phi) is 2.68. The molecule has 0 saturated carbocycles. The van der Waals surface area contributed by atoms with E-state index in [9.17, 15) is 0 Å². The van der Waals surface area contributed by atoms with Crippen molar-refractivity contribution < 1.29 is 4.57 Å². The van der Waals surface area contributed by atoms with Crippen LogP contribution < -0.4 is 4.57 Å². The van der Waals surface area contributed by atoms with E-state index >= 15 is 0 Å². The predicted octanol–water partition coefficient (Wildman–Crippen LogP) is 2.07. The minimum atomic E-state index is 0.922. The Labute approximate surface area is 89.9 Å². The molecule has 1 heterocycles. The largest absolute Gasteiger partial charge is 0.258 e. The maximum Gasteiger partial charge on any atom is 0.258 e. The summed E-state index contributed by atoms with van der Waals surface area (Å²) in [4.78, 5) is 3.27. The van der Waals surface area contributed by atoms with Crippen molar-refractivity contribution >= 4 is 6.08 Å². The summed E-state index contributed by atoms with van der Waals surface area (Å²) in [5.74, 6) is 1.19. The third kappa shape index (κ3) is 1.99. The van der Waals surface area contributed by atoms with Crippen LogP contribution in [0.1, 0.15) is 17.1 Å². The molecule has 0 aliphatic heterocycles. The Morgan fingerprint density at radius 3 is 2.67 bits per heavy atom. The number of imidazole rings is 1. The van der Waals surface area contributed by atoms with Crippen molar-refractivity contribution in [2.45, 2.75) is 6.42 Å². The van der Waals surface area contributed by atoms with Crippen LogP contribution in [0, 0.1) is 0 Å². The van der Waals surface area contributed by atoms with E-state index in [1.54, 1.807) is 0 Å². The van der Waals surface area contributed by atoms with Gasteiger partial charge in [0.25, 0.3) is 5.82 Å². The van der Waals surface area contributed by atoms with Gasteiger partial charge in [0.05, 0.1) is 13.5 Å². The van der Waals surface area contributed by atoms with E-state index in [0.29, 0.717) is 0 Å². The first-order chi connectivity index (χ1) is 7.31. The molecular formula is C13H15N2+. The summed E-state index contributed by atoms with van der Waals surface area (Å²) in [5.41, 5.74) is 2.42. The highest BCUT2D eigenvalue weighted by molar-refractivity contribution is 5.36. The predicted molar refractivity (Wildman–Crippen MR) is 61.3 cm³/mol. The molecule has 0 fully saturated rings. The first-order valence-corrected chi connectivity index (χ1v) is 5.04. The first-order valence-electron chi connectivity index (χ1n) is 5.04. The van der Waals surface area contributed by atoms with Crippen LogP contribution in [0.15, 0.2) is 43.1 Å². The third-order valence-corrected chi connectivity index (χ3v) is 2.60. The lowest BCUT2D eigenvalue weighted by atomic mass is 10.1. The van der Waals surface area contributed by atoms with Gasteiger partial charge in [0.2, 0.25) is 0 Å². The van der Waals surface area contributed by atoms with Crippen LogP contribution in [0.5, 0.6) is 0 Å². The monoisotopic (exact) mass is 199 g/mol. The number of H-pyrrole nitrogens is 1. The lowest BCUT2D eigenvalue weighted by molar-refractivity contribution is -0.679. The average molecular weight is 199 g/mol. The highest BCUT2D eigenvalue weighted by Crippen LogP contribution is 2.05. The Morgan fingerprint density at radius 1 is 1.33 bits per heavy atom. The molecule has 15 heavy (non-hydrogen) atoms. The summed E-state index contributed by atoms with van der Waals surface area (Å²) in [7, 11) is 2.05. The summed E-state index contributed by atoms with van der Waals surface area (Å²) in [5, 5.41) is 0. The molecular weight excluding hydrogens is 184 g/mol. The highest BCUT2D eigenvalue weighted by atomic mass is 15.1. The standard InChI is InChI=1S/C13H14N2/c1-3-12-10-14-13(15(12)2)9-11-7-5-4-6-8-11/h3-8,10H,1,9H2,2H3/p+1. The zero-order valence-corrected chi connectivity index (χ0v) is 8.90. The van der Waals surface area contributed by atoms with Gasteiger partial charge in [0.1, 0.15) is 6.20 Å². The summed E-state index contributed by atoms with van der Waals surface area (Å²) in [6.07, 6.45) is 4.75. The number of hydrogen-bond donors (Lipinski definition) is 1. The van der Waals surface area contributed by atoms with Crippen molar-refractivity contribution in [2.75, 3.05) is 0 Å². The van der Waals surface area contributed by atoms with E-state index in [4.69, 9.17) is 0 Å². The van der Waals surface area contributed by atoms with E-state index in [0.717, 1.165) is 12.1 Å². The van der Waals surface area contributed by atoms with Crippen LogP contribution in [-0.2, 0) is 13.5 Å². The van der Waals surface area contributed by atoms with Crippen molar-refractivity contribution in [3.8, 4) is 0 Å². The smallest absolute Gasteiger partial charge is 0.247 e. The van der Waals surface area contributed by atoms with Gasteiger partial charge in [-0.15, -0.1) is 0 Å². The van der Waals surface area contributed by atoms with Crippen molar-refractivity contribution in [1.29, 1.82) is 0 Å². The van der Waals surface area contributed by atoms with Gasteiger partial charge in [0, 0.05) is 0 Å². The molecule has 0 unspecified atom stereocenters. The number of aromatic nitrogens is 2. The van der Waals surface area contributed by atoms with Crippen LogP contribution in [0.4, 0.5) is 0 Å². The van der Waals surface area contributed by atoms with Crippen LogP contribution in [-0.4, -0.2) is 4.98 Å². The number of hydrogen-bond acceptors (Lipinski definition) is 0. The number of aromatic amines is 1. The van der Waals surface area contributed by atoms with Crippen molar-refractivity contribution in [3.05, 3.63) is 60.2 Å². The lowest BCUT2D eigenvalue weighted by Crippen LogP contribution is -2.34. The summed E-state index contributed by atoms with van der Waals surface area (Å²) < 4.78 is 2.12. The van der Waals surface area contributed by atoms with Gasteiger partial charge in [-0.1, -0.05) is 36.9 Å². The fourth-order valence-electron chi connectivity index (χ4n) is 1.66. The van der Waals surface area contributed by atoms with Crippen LogP contribution in [0.25, 0.3) is 6.08 Å². The van der Waals surface area contributed by atoms with Gasteiger partial charge in [0.15, 0.2) is 5.69 Å². The second-order valence-corrected chi connectivity index (χ2v) is 3.59. The zero-order chi connectivity index (χ0) is 10.7. The summed E-state index contributed by atoms with van der Waals surface area (Å²) in [6, 6.07) is 10.4. The second-order valence-electron chi connectivity index (χ2n) is 3.59. The van der Waals surface area contributed by atoms with Crippen molar-refractivity contribution in [1.82, 2.24) is 4.98 Å². The maximum atomic E-state index is 3.77. The van der Waals surface area contributed by atoms with Gasteiger partial charge in [-0.3, -0.25) is 0 Å². The Bertz CT molecular complexity index is 455. The Hall–Kier alpha value is -1.83. The van der Waals surface area contributed by atoms with Crippen molar-refractivity contribution in [3.63, 3.8) is 0 Å². The molecule has 0 amide bonds. The number of nitrogens with one attached hydrogen (secondary N) is 1. The third-order valence-electron chi connectivity index (χ3n) is 2.60. The number of nitrogens with zero attached hydrogens (tertiary/aromatic N) is 1. The van der Waals surface area contributed by atoms with Gasteiger partial charge in [-0.2, -0.15) is 0 Å². The molecule has 76 valence electrons. The minimum Gasteiger partial charge on any atom is -0.247 e. The van der Waals surface area contributed by atoms with E-state index in [1.807, 2.05) is 25.4 Å². The molecule has 1 aromatic carbocycles. The van der Waals surface area contributed by atoms with Crippen LogP contribution in [0.3, 0.4) is 0 Å². The molecule has 1 N–H and O–H groups in total. The van der Waals surface area contributed by atoms with Gasteiger partial charge < -0.3 is 0 Å². The molecule has 0 aliphatic carbocycles. The van der Waals surface area contributed by atoms with E-state index < -0.39 is 0 Å². The molecule has 0 atom stereocenters. The lowest BCUT2D eigenvalue weighted by Gasteiger charge is -1.97. The molecule has 2 aromatic rings. The van der Waals surface area contributed by atoms with Gasteiger partial charge >= 0.3 is 0 Å². The topological polar surface area (TPSA) is 19.7 Å². The SMILES string of the molecule is C=Cc1c[nH]c(Cc2ccccc2)[n+]1C. The number of benzene rings is 1. The van der Waals surface area contributed by atoms with Gasteiger partial charge in [-0.05, 0) is 11.6 Å². The van der Waals surface area contributed by atoms with Crippen molar-refractivity contribution in [2.24, 2.45) is 7.05 Å². The average Bonchev–Trinajstić information content (AvgIpc) is 2.62. The van der Waals surface area contributed by atoms with Crippen LogP contribution in [0.2, 0.25) is 0 Å². The van der Waals surface area contributed by atoms with Crippen LogP contribution >= 0.6 is 0 Å². The summed E-state index contributed by atoms with van der Waals surface area (Å²) in [6.45, 7) is 3.77. The molecule has 2 rings (SSSR count). The normalized spacial score (nSPS) is 10.2. The molecule has 1 aromatic heterocycles. The molecule has 0 bridgehead atoms. The molecule has 2 nitrogen and oxygen atoms in total. The summed E-state index contributed by atoms with van der Waals surface area (Å²) >= 11 is 0. The fraction of sp³-hybridized carbons (Fsp3) is 0.154.